The van der Waals surface area contributed by atoms with Crippen molar-refractivity contribution in [2.24, 2.45) is 0 Å². The van der Waals surface area contributed by atoms with Crippen LogP contribution in [0.5, 0.6) is 5.75 Å². The number of hydrogen-bond acceptors (Lipinski definition) is 3. The van der Waals surface area contributed by atoms with Crippen LogP contribution in [-0.2, 0) is 0 Å². The van der Waals surface area contributed by atoms with Crippen molar-refractivity contribution in [2.45, 2.75) is 11.5 Å². The Bertz CT molecular complexity index is 497. The summed E-state index contributed by atoms with van der Waals surface area (Å²) in [6, 6.07) is 9.56. The van der Waals surface area contributed by atoms with Gasteiger partial charge in [-0.2, -0.15) is 5.26 Å². The zero-order chi connectivity index (χ0) is 12.3. The minimum absolute atomic E-state index is 0.0683. The average molecular weight is 227 g/mol. The second-order valence-corrected chi connectivity index (χ2v) is 3.96. The normalized spacial score (nSPS) is 26.5. The number of benzene rings is 1. The summed E-state index contributed by atoms with van der Waals surface area (Å²) in [6.45, 7) is 0. The Kier molecular flexibility index (Phi) is 2.99. The molecule has 1 aromatic carbocycles. The molecule has 0 saturated carbocycles. The largest absolute Gasteiger partial charge is 0.497 e. The van der Waals surface area contributed by atoms with Gasteiger partial charge in [0.2, 0.25) is 0 Å². The van der Waals surface area contributed by atoms with Gasteiger partial charge in [-0.15, -0.1) is 0 Å². The van der Waals surface area contributed by atoms with E-state index in [9.17, 15) is 5.11 Å². The van der Waals surface area contributed by atoms with Gasteiger partial charge in [0.15, 0.2) is 5.60 Å². The zero-order valence-corrected chi connectivity index (χ0v) is 9.50. The van der Waals surface area contributed by atoms with Gasteiger partial charge in [0.25, 0.3) is 0 Å². The summed E-state index contributed by atoms with van der Waals surface area (Å²) in [5, 5.41) is 18.5. The molecule has 0 aromatic heterocycles. The molecule has 0 radical (unpaired) electrons. The lowest BCUT2D eigenvalue weighted by molar-refractivity contribution is 0.199. The van der Waals surface area contributed by atoms with Crippen molar-refractivity contribution in [1.82, 2.24) is 0 Å². The highest BCUT2D eigenvalue weighted by Crippen LogP contribution is 2.28. The molecule has 0 spiro atoms. The molecule has 1 aliphatic carbocycles. The summed E-state index contributed by atoms with van der Waals surface area (Å²) >= 11 is 0. The van der Waals surface area contributed by atoms with Crippen molar-refractivity contribution >= 4 is 0 Å². The summed E-state index contributed by atoms with van der Waals surface area (Å²) in [5.41, 5.74) is -0.396. The first kappa shape index (κ1) is 11.4. The van der Waals surface area contributed by atoms with Crippen LogP contribution >= 0.6 is 0 Å². The van der Waals surface area contributed by atoms with Gasteiger partial charge in [0.05, 0.1) is 7.11 Å². The Morgan fingerprint density at radius 1 is 1.35 bits per heavy atom. The lowest BCUT2D eigenvalue weighted by atomic mass is 9.89. The maximum Gasteiger partial charge on any atom is 0.188 e. The van der Waals surface area contributed by atoms with E-state index < -0.39 is 5.60 Å². The van der Waals surface area contributed by atoms with Gasteiger partial charge in [-0.05, 0) is 29.8 Å². The lowest BCUT2D eigenvalue weighted by Gasteiger charge is -2.19. The van der Waals surface area contributed by atoms with E-state index in [2.05, 4.69) is 0 Å². The third kappa shape index (κ3) is 2.38. The summed E-state index contributed by atoms with van der Waals surface area (Å²) in [4.78, 5) is 0. The predicted octanol–water partition coefficient (Wildman–Crippen LogP) is 2.16. The van der Waals surface area contributed by atoms with E-state index in [1.807, 2.05) is 42.5 Å². The number of rotatable bonds is 2. The molecule has 0 saturated heterocycles. The van der Waals surface area contributed by atoms with E-state index in [1.165, 1.54) is 12.2 Å². The number of ether oxygens (including phenoxy) is 1. The number of nitrogens with zero attached hydrogens (tertiary/aromatic N) is 1. The highest BCUT2D eigenvalue weighted by molar-refractivity contribution is 5.41. The minimum Gasteiger partial charge on any atom is -0.497 e. The van der Waals surface area contributed by atoms with Crippen LogP contribution in [0.25, 0.3) is 0 Å². The van der Waals surface area contributed by atoms with Crippen LogP contribution in [-0.4, -0.2) is 17.8 Å². The Morgan fingerprint density at radius 2 is 2.06 bits per heavy atom. The highest BCUT2D eigenvalue weighted by atomic mass is 16.5. The Hall–Kier alpha value is -2.05. The average Bonchev–Trinajstić information content (AvgIpc) is 2.40. The monoisotopic (exact) mass is 227 g/mol. The third-order valence-corrected chi connectivity index (χ3v) is 2.77. The van der Waals surface area contributed by atoms with Gasteiger partial charge < -0.3 is 9.84 Å². The quantitative estimate of drug-likeness (QED) is 0.622. The first-order valence-corrected chi connectivity index (χ1v) is 5.33. The summed E-state index contributed by atoms with van der Waals surface area (Å²) < 4.78 is 5.16. The zero-order valence-electron chi connectivity index (χ0n) is 9.50. The fourth-order valence-corrected chi connectivity index (χ4v) is 1.77. The van der Waals surface area contributed by atoms with E-state index in [0.717, 1.165) is 11.3 Å². The topological polar surface area (TPSA) is 53.2 Å². The summed E-state index contributed by atoms with van der Waals surface area (Å²) in [6.07, 6.45) is 6.66. The SMILES string of the molecule is COc1cccc(C2C=CC(O)(C#N)C=C2)c1. The van der Waals surface area contributed by atoms with Gasteiger partial charge in [0.1, 0.15) is 11.8 Å². The van der Waals surface area contributed by atoms with Crippen LogP contribution < -0.4 is 4.74 Å². The molecule has 0 bridgehead atoms. The van der Waals surface area contributed by atoms with Crippen molar-refractivity contribution in [3.8, 4) is 11.8 Å². The van der Waals surface area contributed by atoms with Crippen LogP contribution in [0.3, 0.4) is 0 Å². The molecule has 0 amide bonds. The first-order chi connectivity index (χ1) is 8.17. The van der Waals surface area contributed by atoms with Crippen molar-refractivity contribution in [2.75, 3.05) is 7.11 Å². The molecule has 1 N–H and O–H groups in total. The molecule has 0 fully saturated rings. The molecule has 0 aliphatic heterocycles. The van der Waals surface area contributed by atoms with Crippen LogP contribution in [0, 0.1) is 11.3 Å². The van der Waals surface area contributed by atoms with Crippen molar-refractivity contribution in [3.05, 3.63) is 54.1 Å². The maximum atomic E-state index is 9.69. The molecule has 86 valence electrons. The van der Waals surface area contributed by atoms with Gasteiger partial charge in [0, 0.05) is 5.92 Å². The van der Waals surface area contributed by atoms with Crippen LogP contribution in [0.4, 0.5) is 0 Å². The Morgan fingerprint density at radius 3 is 2.65 bits per heavy atom. The summed E-state index contributed by atoms with van der Waals surface area (Å²) in [7, 11) is 1.63. The molecule has 0 atom stereocenters. The molecule has 3 heteroatoms. The van der Waals surface area contributed by atoms with Gasteiger partial charge in [-0.3, -0.25) is 0 Å². The fourth-order valence-electron chi connectivity index (χ4n) is 1.77. The number of methoxy groups -OCH3 is 1. The molecule has 1 aliphatic rings. The number of aliphatic hydroxyl groups is 1. The first-order valence-electron chi connectivity index (χ1n) is 5.33. The van der Waals surface area contributed by atoms with Crippen molar-refractivity contribution in [1.29, 1.82) is 5.26 Å². The smallest absolute Gasteiger partial charge is 0.188 e. The highest BCUT2D eigenvalue weighted by Gasteiger charge is 2.23. The van der Waals surface area contributed by atoms with Crippen LogP contribution in [0.15, 0.2) is 48.6 Å². The van der Waals surface area contributed by atoms with E-state index in [1.54, 1.807) is 7.11 Å². The Balaban J connectivity index is 2.24. The second-order valence-electron chi connectivity index (χ2n) is 3.96. The number of allylic oxidation sites excluding steroid dienone is 2. The van der Waals surface area contributed by atoms with Gasteiger partial charge >= 0.3 is 0 Å². The maximum absolute atomic E-state index is 9.69. The molecule has 3 nitrogen and oxygen atoms in total. The molecule has 2 rings (SSSR count). The second kappa shape index (κ2) is 4.44. The van der Waals surface area contributed by atoms with E-state index in [0.29, 0.717) is 0 Å². The minimum atomic E-state index is -1.46. The molecular formula is C14H13NO2. The molecule has 1 aromatic rings. The van der Waals surface area contributed by atoms with Gasteiger partial charge in [-0.1, -0.05) is 24.3 Å². The van der Waals surface area contributed by atoms with Crippen molar-refractivity contribution in [3.63, 3.8) is 0 Å². The Labute approximate surface area is 100 Å². The van der Waals surface area contributed by atoms with Crippen LogP contribution in [0.1, 0.15) is 11.5 Å². The summed E-state index contributed by atoms with van der Waals surface area (Å²) in [5.74, 6) is 0.865. The number of hydrogen-bond donors (Lipinski definition) is 1. The predicted molar refractivity (Wildman–Crippen MR) is 64.6 cm³/mol. The molecule has 0 unspecified atom stereocenters. The fraction of sp³-hybridized carbons (Fsp3) is 0.214. The van der Waals surface area contributed by atoms with Crippen LogP contribution in [0.2, 0.25) is 0 Å². The lowest BCUT2D eigenvalue weighted by Crippen LogP contribution is -2.22. The van der Waals surface area contributed by atoms with E-state index >= 15 is 0 Å². The van der Waals surface area contributed by atoms with E-state index in [4.69, 9.17) is 10.00 Å². The molecular weight excluding hydrogens is 214 g/mol. The van der Waals surface area contributed by atoms with E-state index in [-0.39, 0.29) is 5.92 Å². The third-order valence-electron chi connectivity index (χ3n) is 2.77. The molecule has 0 heterocycles. The standard InChI is InChI=1S/C14H13NO2/c1-17-13-4-2-3-12(9-13)11-5-7-14(16,10-15)8-6-11/h2-9,11,16H,1H3. The van der Waals surface area contributed by atoms with Crippen molar-refractivity contribution < 1.29 is 9.84 Å². The number of nitriles is 1. The molecule has 17 heavy (non-hydrogen) atoms. The van der Waals surface area contributed by atoms with Gasteiger partial charge in [-0.25, -0.2) is 0 Å².